The van der Waals surface area contributed by atoms with E-state index >= 15 is 0 Å². The second-order valence-corrected chi connectivity index (χ2v) is 5.91. The highest BCUT2D eigenvalue weighted by molar-refractivity contribution is 6.04. The van der Waals surface area contributed by atoms with Gasteiger partial charge in [-0.15, -0.1) is 0 Å². The molecule has 0 radical (unpaired) electrons. The molecule has 3 rings (SSSR count). The van der Waals surface area contributed by atoms with Crippen molar-refractivity contribution in [3.63, 3.8) is 0 Å². The molecule has 1 fully saturated rings. The summed E-state index contributed by atoms with van der Waals surface area (Å²) >= 11 is 0. The van der Waals surface area contributed by atoms with Crippen LogP contribution < -0.4 is 0 Å². The smallest absolute Gasteiger partial charge is 0.336 e. The molecule has 0 atom stereocenters. The summed E-state index contributed by atoms with van der Waals surface area (Å²) in [6, 6.07) is 11.8. The Balaban J connectivity index is 1.69. The first-order valence-electron chi connectivity index (χ1n) is 8.14. The molecule has 0 aromatic heterocycles. The number of hydrogen-bond donors (Lipinski definition) is 1. The summed E-state index contributed by atoms with van der Waals surface area (Å²) in [5.74, 6) is -2.55. The lowest BCUT2D eigenvalue weighted by atomic mass is 10.1. The van der Waals surface area contributed by atoms with E-state index in [1.54, 1.807) is 18.2 Å². The molecule has 1 saturated heterocycles. The van der Waals surface area contributed by atoms with Gasteiger partial charge in [-0.05, 0) is 24.3 Å². The van der Waals surface area contributed by atoms with Crippen LogP contribution in [0.1, 0.15) is 31.1 Å². The molecule has 0 saturated carbocycles. The number of aromatic carboxylic acids is 1. The molecule has 1 heterocycles. The minimum absolute atomic E-state index is 0.00324. The van der Waals surface area contributed by atoms with Crippen molar-refractivity contribution >= 4 is 17.8 Å². The lowest BCUT2D eigenvalue weighted by molar-refractivity contribution is 0.0529. The van der Waals surface area contributed by atoms with Crippen molar-refractivity contribution in [3.8, 4) is 0 Å². The fourth-order valence-electron chi connectivity index (χ4n) is 2.94. The molecular formula is C19H17FN2O4. The largest absolute Gasteiger partial charge is 0.478 e. The van der Waals surface area contributed by atoms with Gasteiger partial charge in [0, 0.05) is 26.2 Å². The summed E-state index contributed by atoms with van der Waals surface area (Å²) in [5, 5.41) is 9.22. The minimum Gasteiger partial charge on any atom is -0.478 e. The lowest BCUT2D eigenvalue weighted by Crippen LogP contribution is -2.50. The average molecular weight is 356 g/mol. The van der Waals surface area contributed by atoms with Gasteiger partial charge in [0.1, 0.15) is 5.82 Å². The molecule has 26 heavy (non-hydrogen) atoms. The van der Waals surface area contributed by atoms with Crippen molar-refractivity contribution in [1.82, 2.24) is 9.80 Å². The van der Waals surface area contributed by atoms with E-state index in [1.807, 2.05) is 0 Å². The van der Waals surface area contributed by atoms with Gasteiger partial charge >= 0.3 is 5.97 Å². The van der Waals surface area contributed by atoms with Gasteiger partial charge in [0.05, 0.1) is 16.7 Å². The molecule has 0 aliphatic carbocycles. The Morgan fingerprint density at radius 1 is 0.731 bits per heavy atom. The van der Waals surface area contributed by atoms with Crippen LogP contribution in [0, 0.1) is 5.82 Å². The van der Waals surface area contributed by atoms with E-state index < -0.39 is 17.7 Å². The van der Waals surface area contributed by atoms with Gasteiger partial charge in [-0.3, -0.25) is 9.59 Å². The second-order valence-electron chi connectivity index (χ2n) is 5.91. The number of halogens is 1. The first-order valence-corrected chi connectivity index (χ1v) is 8.14. The van der Waals surface area contributed by atoms with Crippen LogP contribution >= 0.6 is 0 Å². The van der Waals surface area contributed by atoms with Gasteiger partial charge in [-0.1, -0.05) is 24.3 Å². The van der Waals surface area contributed by atoms with Crippen molar-refractivity contribution in [2.45, 2.75) is 0 Å². The molecule has 1 N–H and O–H groups in total. The Labute approximate surface area is 149 Å². The number of rotatable bonds is 3. The molecule has 134 valence electrons. The molecule has 1 aliphatic heterocycles. The first kappa shape index (κ1) is 17.6. The third-order valence-corrected chi connectivity index (χ3v) is 4.35. The maximum atomic E-state index is 13.8. The molecule has 1 aliphatic rings. The number of benzene rings is 2. The second kappa shape index (κ2) is 7.35. The molecule has 0 unspecified atom stereocenters. The Morgan fingerprint density at radius 3 is 1.65 bits per heavy atom. The SMILES string of the molecule is O=C(O)c1ccccc1C(=O)N1CCN(C(=O)c2ccccc2F)CC1. The Hall–Kier alpha value is -3.22. The van der Waals surface area contributed by atoms with Gasteiger partial charge in [-0.2, -0.15) is 0 Å². The van der Waals surface area contributed by atoms with Crippen LogP contribution in [0.2, 0.25) is 0 Å². The number of amides is 2. The van der Waals surface area contributed by atoms with Crippen LogP contribution in [-0.2, 0) is 0 Å². The molecule has 2 amide bonds. The highest BCUT2D eigenvalue weighted by atomic mass is 19.1. The number of carbonyl (C=O) groups is 3. The van der Waals surface area contributed by atoms with E-state index in [0.717, 1.165) is 0 Å². The molecule has 0 bridgehead atoms. The van der Waals surface area contributed by atoms with Gasteiger partial charge in [0.2, 0.25) is 0 Å². The van der Waals surface area contributed by atoms with E-state index in [-0.39, 0.29) is 48.8 Å². The van der Waals surface area contributed by atoms with Crippen LogP contribution in [0.3, 0.4) is 0 Å². The summed E-state index contributed by atoms with van der Waals surface area (Å²) in [6.45, 7) is 1.03. The predicted octanol–water partition coefficient (Wildman–Crippen LogP) is 2.12. The van der Waals surface area contributed by atoms with Crippen molar-refractivity contribution in [2.75, 3.05) is 26.2 Å². The normalized spacial score (nSPS) is 14.2. The third kappa shape index (κ3) is 3.42. The fourth-order valence-corrected chi connectivity index (χ4v) is 2.94. The van der Waals surface area contributed by atoms with Crippen molar-refractivity contribution in [3.05, 3.63) is 71.0 Å². The van der Waals surface area contributed by atoms with Crippen molar-refractivity contribution in [2.24, 2.45) is 0 Å². The lowest BCUT2D eigenvalue weighted by Gasteiger charge is -2.35. The van der Waals surface area contributed by atoms with Crippen molar-refractivity contribution in [1.29, 1.82) is 0 Å². The summed E-state index contributed by atoms with van der Waals surface area (Å²) in [5.41, 5.74) is 0.0692. The highest BCUT2D eigenvalue weighted by Gasteiger charge is 2.28. The summed E-state index contributed by atoms with van der Waals surface area (Å²) < 4.78 is 13.8. The number of carbonyl (C=O) groups excluding carboxylic acids is 2. The van der Waals surface area contributed by atoms with E-state index in [4.69, 9.17) is 0 Å². The van der Waals surface area contributed by atoms with E-state index in [9.17, 15) is 23.9 Å². The maximum Gasteiger partial charge on any atom is 0.336 e. The zero-order valence-corrected chi connectivity index (χ0v) is 13.9. The zero-order chi connectivity index (χ0) is 18.7. The number of carboxylic acids is 1. The maximum absolute atomic E-state index is 13.8. The Morgan fingerprint density at radius 2 is 1.15 bits per heavy atom. The molecular weight excluding hydrogens is 339 g/mol. The molecule has 6 nitrogen and oxygen atoms in total. The first-order chi connectivity index (χ1) is 12.5. The molecule has 2 aromatic rings. The topological polar surface area (TPSA) is 77.9 Å². The standard InChI is InChI=1S/C19H17FN2O4/c20-16-8-4-3-7-15(16)18(24)22-11-9-21(10-12-22)17(23)13-5-1-2-6-14(13)19(25)26/h1-8H,9-12H2,(H,25,26). The van der Waals surface area contributed by atoms with Crippen LogP contribution in [-0.4, -0.2) is 58.9 Å². The van der Waals surface area contributed by atoms with Crippen molar-refractivity contribution < 1.29 is 23.9 Å². The summed E-state index contributed by atoms with van der Waals surface area (Å²) in [6.07, 6.45) is 0. The number of carboxylic acid groups (broad SMARTS) is 1. The zero-order valence-electron chi connectivity index (χ0n) is 13.9. The molecule has 7 heteroatoms. The number of hydrogen-bond acceptors (Lipinski definition) is 3. The Kier molecular flexibility index (Phi) is 4.97. The quantitative estimate of drug-likeness (QED) is 0.914. The van der Waals surface area contributed by atoms with E-state index in [2.05, 4.69) is 0 Å². The van der Waals surface area contributed by atoms with Crippen LogP contribution in [0.25, 0.3) is 0 Å². The van der Waals surface area contributed by atoms with Crippen LogP contribution in [0.15, 0.2) is 48.5 Å². The van der Waals surface area contributed by atoms with Gasteiger partial charge in [0.25, 0.3) is 11.8 Å². The fraction of sp³-hybridized carbons (Fsp3) is 0.211. The van der Waals surface area contributed by atoms with Gasteiger partial charge < -0.3 is 14.9 Å². The van der Waals surface area contributed by atoms with E-state index in [0.29, 0.717) is 0 Å². The Bertz CT molecular complexity index is 860. The number of piperazine rings is 1. The van der Waals surface area contributed by atoms with Gasteiger partial charge in [0.15, 0.2) is 0 Å². The van der Waals surface area contributed by atoms with Crippen LogP contribution in [0.4, 0.5) is 4.39 Å². The third-order valence-electron chi connectivity index (χ3n) is 4.35. The van der Waals surface area contributed by atoms with Gasteiger partial charge in [-0.25, -0.2) is 9.18 Å². The molecule has 2 aromatic carbocycles. The van der Waals surface area contributed by atoms with E-state index in [1.165, 1.54) is 40.1 Å². The summed E-state index contributed by atoms with van der Waals surface area (Å²) in [7, 11) is 0. The average Bonchev–Trinajstić information content (AvgIpc) is 2.67. The summed E-state index contributed by atoms with van der Waals surface area (Å²) in [4.78, 5) is 39.3. The molecule has 0 spiro atoms. The monoisotopic (exact) mass is 356 g/mol. The number of nitrogens with zero attached hydrogens (tertiary/aromatic N) is 2. The van der Waals surface area contributed by atoms with Crippen LogP contribution in [0.5, 0.6) is 0 Å². The minimum atomic E-state index is -1.16. The highest BCUT2D eigenvalue weighted by Crippen LogP contribution is 2.16. The predicted molar refractivity (Wildman–Crippen MR) is 91.6 cm³/mol.